The summed E-state index contributed by atoms with van der Waals surface area (Å²) in [6.45, 7) is 3.38. The third-order valence-electron chi connectivity index (χ3n) is 6.13. The molecule has 1 amide bonds. The number of benzene rings is 1. The average molecular weight is 433 g/mol. The van der Waals surface area contributed by atoms with Crippen molar-refractivity contribution < 1.29 is 19.4 Å². The highest BCUT2D eigenvalue weighted by molar-refractivity contribution is 6.04. The molecule has 32 heavy (non-hydrogen) atoms. The van der Waals surface area contributed by atoms with E-state index in [4.69, 9.17) is 4.74 Å². The van der Waals surface area contributed by atoms with E-state index in [2.05, 4.69) is 0 Å². The highest BCUT2D eigenvalue weighted by Crippen LogP contribution is 2.42. The van der Waals surface area contributed by atoms with Crippen molar-refractivity contribution in [3.8, 4) is 17.6 Å². The third-order valence-corrected chi connectivity index (χ3v) is 6.13. The van der Waals surface area contributed by atoms with E-state index in [1.165, 1.54) is 22.9 Å². The summed E-state index contributed by atoms with van der Waals surface area (Å²) in [6, 6.07) is 8.40. The first-order valence-corrected chi connectivity index (χ1v) is 10.4. The van der Waals surface area contributed by atoms with Crippen LogP contribution < -0.4 is 15.3 Å². The number of aromatic nitrogens is 1. The number of phenolic OH excluding ortho intramolecular Hbond substituents is 1. The van der Waals surface area contributed by atoms with E-state index in [0.29, 0.717) is 47.4 Å². The molecule has 1 aliphatic carbocycles. The summed E-state index contributed by atoms with van der Waals surface area (Å²) in [7, 11) is 1.43. The maximum Gasteiger partial charge on any atom is 0.288 e. The number of aryl methyl sites for hydroxylation is 2. The zero-order valence-corrected chi connectivity index (χ0v) is 18.1. The summed E-state index contributed by atoms with van der Waals surface area (Å²) in [5.74, 6) is -0.692. The lowest BCUT2D eigenvalue weighted by molar-refractivity contribution is -0.121. The van der Waals surface area contributed by atoms with Gasteiger partial charge in [0, 0.05) is 30.0 Å². The van der Waals surface area contributed by atoms with Gasteiger partial charge in [0.2, 0.25) is 5.91 Å². The van der Waals surface area contributed by atoms with Crippen LogP contribution in [-0.2, 0) is 9.59 Å². The van der Waals surface area contributed by atoms with Crippen molar-refractivity contribution in [2.24, 2.45) is 0 Å². The quantitative estimate of drug-likeness (QED) is 0.796. The van der Waals surface area contributed by atoms with Crippen LogP contribution >= 0.6 is 0 Å². The number of rotatable bonds is 3. The summed E-state index contributed by atoms with van der Waals surface area (Å²) < 4.78 is 6.42. The molecular formula is C24H23N3O5. The Hall–Kier alpha value is -3.86. The molecule has 0 bridgehead atoms. The Bertz CT molecular complexity index is 1280. The molecule has 0 radical (unpaired) electrons. The topological polar surface area (TPSA) is 113 Å². The van der Waals surface area contributed by atoms with Crippen molar-refractivity contribution in [1.29, 1.82) is 5.26 Å². The fraction of sp³-hybridized carbons (Fsp3) is 0.333. The van der Waals surface area contributed by atoms with E-state index < -0.39 is 11.5 Å². The van der Waals surface area contributed by atoms with Crippen molar-refractivity contribution in [3.05, 3.63) is 68.3 Å². The van der Waals surface area contributed by atoms with E-state index >= 15 is 0 Å². The molecule has 8 heteroatoms. The molecule has 0 spiro atoms. The molecule has 2 heterocycles. The Morgan fingerprint density at radius 1 is 1.16 bits per heavy atom. The first kappa shape index (κ1) is 21.4. The first-order valence-electron chi connectivity index (χ1n) is 10.4. The van der Waals surface area contributed by atoms with Crippen molar-refractivity contribution in [2.75, 3.05) is 12.1 Å². The molecule has 0 saturated heterocycles. The van der Waals surface area contributed by atoms with Gasteiger partial charge in [0.25, 0.3) is 5.56 Å². The number of allylic oxidation sites excluding steroid dienone is 2. The second-order valence-electron chi connectivity index (χ2n) is 8.10. The smallest absolute Gasteiger partial charge is 0.288 e. The van der Waals surface area contributed by atoms with E-state index in [9.17, 15) is 24.8 Å². The van der Waals surface area contributed by atoms with Gasteiger partial charge in [0.1, 0.15) is 11.6 Å². The molecule has 0 fully saturated rings. The molecule has 2 aromatic rings. The Morgan fingerprint density at radius 2 is 1.91 bits per heavy atom. The van der Waals surface area contributed by atoms with Crippen molar-refractivity contribution in [3.63, 3.8) is 0 Å². The number of pyridine rings is 1. The maximum absolute atomic E-state index is 13.4. The highest BCUT2D eigenvalue weighted by atomic mass is 16.5. The Labute approximate surface area is 184 Å². The van der Waals surface area contributed by atoms with Crippen LogP contribution in [0.25, 0.3) is 0 Å². The van der Waals surface area contributed by atoms with Gasteiger partial charge in [-0.1, -0.05) is 6.07 Å². The Morgan fingerprint density at radius 3 is 2.59 bits per heavy atom. The van der Waals surface area contributed by atoms with Crippen LogP contribution in [-0.4, -0.2) is 28.6 Å². The minimum Gasteiger partial charge on any atom is -0.504 e. The summed E-state index contributed by atoms with van der Waals surface area (Å²) in [6.07, 6.45) is 1.36. The van der Waals surface area contributed by atoms with Crippen molar-refractivity contribution in [1.82, 2.24) is 4.68 Å². The van der Waals surface area contributed by atoms with Gasteiger partial charge in [-0.15, -0.1) is 0 Å². The number of carbonyl (C=O) groups is 2. The highest BCUT2D eigenvalue weighted by Gasteiger charge is 2.41. The predicted molar refractivity (Wildman–Crippen MR) is 116 cm³/mol. The molecule has 4 rings (SSSR count). The number of hydrogen-bond acceptors (Lipinski definition) is 6. The summed E-state index contributed by atoms with van der Waals surface area (Å²) in [5.41, 5.74) is 2.11. The second-order valence-corrected chi connectivity index (χ2v) is 8.10. The molecule has 0 saturated carbocycles. The summed E-state index contributed by atoms with van der Waals surface area (Å²) in [4.78, 5) is 39.6. The molecule has 1 aromatic heterocycles. The number of ketones is 1. The number of hydrogen-bond donors (Lipinski definition) is 1. The van der Waals surface area contributed by atoms with Gasteiger partial charge in [-0.2, -0.15) is 5.26 Å². The SMILES string of the molecule is COc1cc([C@@H]2CC(=O)N(n3c(C)cc(C)c(C#N)c3=O)C3=C2C(=O)CCC3)ccc1O. The molecule has 2 aliphatic rings. The van der Waals surface area contributed by atoms with Crippen LogP contribution in [0.4, 0.5) is 0 Å². The lowest BCUT2D eigenvalue weighted by atomic mass is 9.77. The molecule has 8 nitrogen and oxygen atoms in total. The molecule has 1 aromatic carbocycles. The standard InChI is InChI=1S/C24H23N3O5/c1-13-9-14(2)26(24(31)17(13)12-25)27-18-5-4-6-20(29)23(18)16(11-22(27)30)15-7-8-19(28)21(10-15)32-3/h7-10,16,28H,4-6,11H2,1-3H3/t16-/m0/s1. The fourth-order valence-electron chi connectivity index (χ4n) is 4.67. The predicted octanol–water partition coefficient (Wildman–Crippen LogP) is 2.71. The second kappa shape index (κ2) is 8.00. The van der Waals surface area contributed by atoms with Gasteiger partial charge in [-0.05, 0) is 56.0 Å². The van der Waals surface area contributed by atoms with Gasteiger partial charge in [0.15, 0.2) is 17.3 Å². The van der Waals surface area contributed by atoms with Gasteiger partial charge in [0.05, 0.1) is 12.8 Å². The number of nitriles is 1. The van der Waals surface area contributed by atoms with Crippen molar-refractivity contribution >= 4 is 11.7 Å². The molecule has 1 N–H and O–H groups in total. The minimum absolute atomic E-state index is 0.0276. The van der Waals surface area contributed by atoms with E-state index in [-0.39, 0.29) is 35.2 Å². The Balaban J connectivity index is 1.94. The number of methoxy groups -OCH3 is 1. The molecular weight excluding hydrogens is 410 g/mol. The zero-order chi connectivity index (χ0) is 23.2. The van der Waals surface area contributed by atoms with Gasteiger partial charge < -0.3 is 9.84 Å². The summed E-state index contributed by atoms with van der Waals surface area (Å²) >= 11 is 0. The van der Waals surface area contributed by atoms with E-state index in [0.717, 1.165) is 0 Å². The normalized spacial score (nSPS) is 18.4. The lowest BCUT2D eigenvalue weighted by Crippen LogP contribution is -2.52. The number of aromatic hydroxyl groups is 1. The average Bonchev–Trinajstić information content (AvgIpc) is 2.75. The number of nitrogens with zero attached hydrogens (tertiary/aromatic N) is 3. The van der Waals surface area contributed by atoms with E-state index in [1.54, 1.807) is 32.0 Å². The van der Waals surface area contributed by atoms with Crippen LogP contribution in [0.5, 0.6) is 11.5 Å². The number of phenols is 1. The number of Topliss-reactive ketones (excluding diaryl/α,β-unsaturated/α-hetero) is 1. The first-order chi connectivity index (χ1) is 15.3. The Kier molecular flexibility index (Phi) is 5.35. The van der Waals surface area contributed by atoms with Gasteiger partial charge in [-0.3, -0.25) is 14.4 Å². The summed E-state index contributed by atoms with van der Waals surface area (Å²) in [5, 5.41) is 20.7. The van der Waals surface area contributed by atoms with Crippen LogP contribution in [0.2, 0.25) is 0 Å². The van der Waals surface area contributed by atoms with Gasteiger partial charge in [-0.25, -0.2) is 9.69 Å². The van der Waals surface area contributed by atoms with Crippen molar-refractivity contribution in [2.45, 2.75) is 45.4 Å². The molecule has 164 valence electrons. The van der Waals surface area contributed by atoms with Crippen LogP contribution in [0.15, 0.2) is 40.3 Å². The number of ether oxygens (including phenoxy) is 1. The van der Waals surface area contributed by atoms with E-state index in [1.807, 2.05) is 6.07 Å². The van der Waals surface area contributed by atoms with Crippen LogP contribution in [0, 0.1) is 25.2 Å². The zero-order valence-electron chi connectivity index (χ0n) is 18.1. The van der Waals surface area contributed by atoms with Crippen LogP contribution in [0.1, 0.15) is 54.0 Å². The molecule has 0 unspecified atom stereocenters. The maximum atomic E-state index is 13.4. The lowest BCUT2D eigenvalue weighted by Gasteiger charge is -2.39. The largest absolute Gasteiger partial charge is 0.504 e. The fourth-order valence-corrected chi connectivity index (χ4v) is 4.67. The number of carbonyl (C=O) groups excluding carboxylic acids is 2. The molecule has 1 atom stereocenters. The van der Waals surface area contributed by atoms with Gasteiger partial charge >= 0.3 is 0 Å². The third kappa shape index (κ3) is 3.26. The van der Waals surface area contributed by atoms with Crippen LogP contribution in [0.3, 0.4) is 0 Å². The monoisotopic (exact) mass is 433 g/mol. The minimum atomic E-state index is -0.576. The molecule has 1 aliphatic heterocycles. The number of amides is 1.